The third-order valence-electron chi connectivity index (χ3n) is 3.70. The van der Waals surface area contributed by atoms with Gasteiger partial charge in [-0.25, -0.2) is 0 Å². The average molecular weight is 249 g/mol. The predicted molar refractivity (Wildman–Crippen MR) is 75.3 cm³/mol. The molecule has 0 spiro atoms. The maximum atomic E-state index is 5.69. The molecule has 1 saturated heterocycles. The van der Waals surface area contributed by atoms with Crippen LogP contribution < -0.4 is 15.4 Å². The minimum atomic E-state index is 0.551. The Hall–Kier alpha value is -1.26. The van der Waals surface area contributed by atoms with Gasteiger partial charge in [-0.15, -0.1) is 0 Å². The van der Waals surface area contributed by atoms with E-state index < -0.39 is 0 Å². The van der Waals surface area contributed by atoms with E-state index in [4.69, 9.17) is 10.5 Å². The molecule has 0 bridgehead atoms. The lowest BCUT2D eigenvalue weighted by Gasteiger charge is -2.40. The van der Waals surface area contributed by atoms with Gasteiger partial charge in [0.25, 0.3) is 0 Å². The van der Waals surface area contributed by atoms with Gasteiger partial charge in [0, 0.05) is 37.4 Å². The van der Waals surface area contributed by atoms with Crippen molar-refractivity contribution in [3.05, 3.63) is 24.3 Å². The van der Waals surface area contributed by atoms with Gasteiger partial charge >= 0.3 is 0 Å². The van der Waals surface area contributed by atoms with Crippen LogP contribution in [0.1, 0.15) is 6.42 Å². The lowest BCUT2D eigenvalue weighted by molar-refractivity contribution is 0.210. The zero-order valence-electron chi connectivity index (χ0n) is 11.3. The third kappa shape index (κ3) is 2.94. The van der Waals surface area contributed by atoms with Crippen molar-refractivity contribution in [3.63, 3.8) is 0 Å². The minimum absolute atomic E-state index is 0.551. The molecule has 1 aliphatic heterocycles. The van der Waals surface area contributed by atoms with Crippen LogP contribution in [0.25, 0.3) is 0 Å². The first-order chi connectivity index (χ1) is 8.74. The van der Waals surface area contributed by atoms with Gasteiger partial charge in [-0.3, -0.25) is 4.90 Å². The van der Waals surface area contributed by atoms with Gasteiger partial charge in [-0.2, -0.15) is 0 Å². The van der Waals surface area contributed by atoms with Crippen LogP contribution in [0, 0.1) is 0 Å². The van der Waals surface area contributed by atoms with Crippen molar-refractivity contribution in [2.45, 2.75) is 12.5 Å². The van der Waals surface area contributed by atoms with Crippen LogP contribution in [0.15, 0.2) is 24.3 Å². The summed E-state index contributed by atoms with van der Waals surface area (Å²) in [5.41, 5.74) is 6.93. The summed E-state index contributed by atoms with van der Waals surface area (Å²) in [6.07, 6.45) is 1.05. The number of hydrogen-bond acceptors (Lipinski definition) is 4. The maximum Gasteiger partial charge on any atom is 0.120 e. The number of anilines is 1. The number of rotatable bonds is 4. The zero-order valence-corrected chi connectivity index (χ0v) is 11.3. The maximum absolute atomic E-state index is 5.69. The number of methoxy groups -OCH3 is 1. The van der Waals surface area contributed by atoms with Crippen LogP contribution >= 0.6 is 0 Å². The molecule has 1 heterocycles. The molecule has 2 rings (SSSR count). The Morgan fingerprint density at radius 3 is 2.94 bits per heavy atom. The molecule has 2 N–H and O–H groups in total. The number of nitrogens with two attached hydrogens (primary N) is 1. The summed E-state index contributed by atoms with van der Waals surface area (Å²) < 4.78 is 5.28. The quantitative estimate of drug-likeness (QED) is 0.869. The van der Waals surface area contributed by atoms with Gasteiger partial charge < -0.3 is 15.4 Å². The summed E-state index contributed by atoms with van der Waals surface area (Å²) in [7, 11) is 3.89. The van der Waals surface area contributed by atoms with E-state index >= 15 is 0 Å². The molecule has 1 atom stereocenters. The van der Waals surface area contributed by atoms with Crippen LogP contribution in [0.4, 0.5) is 5.69 Å². The summed E-state index contributed by atoms with van der Waals surface area (Å²) in [4.78, 5) is 4.83. The van der Waals surface area contributed by atoms with Crippen molar-refractivity contribution in [2.24, 2.45) is 5.73 Å². The Kier molecular flexibility index (Phi) is 4.44. The summed E-state index contributed by atoms with van der Waals surface area (Å²) in [5, 5.41) is 0. The summed E-state index contributed by atoms with van der Waals surface area (Å²) in [6.45, 7) is 3.94. The fourth-order valence-electron chi connectivity index (χ4n) is 2.49. The molecule has 0 saturated carbocycles. The fraction of sp³-hybridized carbons (Fsp3) is 0.571. The van der Waals surface area contributed by atoms with Crippen molar-refractivity contribution in [1.29, 1.82) is 0 Å². The molecule has 0 aromatic heterocycles. The monoisotopic (exact) mass is 249 g/mol. The number of piperazine rings is 1. The second-order valence-electron chi connectivity index (χ2n) is 4.86. The molecule has 100 valence electrons. The Morgan fingerprint density at radius 1 is 1.39 bits per heavy atom. The van der Waals surface area contributed by atoms with Crippen molar-refractivity contribution in [1.82, 2.24) is 4.90 Å². The number of likely N-dealkylation sites (N-methyl/N-ethyl adjacent to an activating group) is 1. The Morgan fingerprint density at radius 2 is 2.22 bits per heavy atom. The summed E-state index contributed by atoms with van der Waals surface area (Å²) >= 11 is 0. The molecule has 0 aliphatic carbocycles. The van der Waals surface area contributed by atoms with E-state index in [1.165, 1.54) is 5.69 Å². The third-order valence-corrected chi connectivity index (χ3v) is 3.70. The molecule has 1 fully saturated rings. The highest BCUT2D eigenvalue weighted by Crippen LogP contribution is 2.23. The molecule has 0 amide bonds. The molecule has 4 nitrogen and oxygen atoms in total. The Labute approximate surface area is 109 Å². The molecule has 4 heteroatoms. The van der Waals surface area contributed by atoms with E-state index in [1.54, 1.807) is 7.11 Å². The lowest BCUT2D eigenvalue weighted by Crippen LogP contribution is -2.52. The Balaban J connectivity index is 2.08. The van der Waals surface area contributed by atoms with Crippen molar-refractivity contribution in [3.8, 4) is 5.75 Å². The first-order valence-corrected chi connectivity index (χ1v) is 6.54. The number of ether oxygens (including phenoxy) is 1. The number of nitrogens with zero attached hydrogens (tertiary/aromatic N) is 2. The lowest BCUT2D eigenvalue weighted by atomic mass is 10.1. The SMILES string of the molecule is COc1cccc(N2CCN(C)C(CCN)C2)c1. The molecule has 0 radical (unpaired) electrons. The van der Waals surface area contributed by atoms with Crippen LogP contribution in [0.3, 0.4) is 0 Å². The normalized spacial score (nSPS) is 21.1. The molecule has 18 heavy (non-hydrogen) atoms. The van der Waals surface area contributed by atoms with Gasteiger partial charge in [-0.05, 0) is 32.1 Å². The Bertz CT molecular complexity index is 383. The van der Waals surface area contributed by atoms with Gasteiger partial charge in [0.2, 0.25) is 0 Å². The molecule has 1 aliphatic rings. The van der Waals surface area contributed by atoms with E-state index in [9.17, 15) is 0 Å². The smallest absolute Gasteiger partial charge is 0.120 e. The van der Waals surface area contributed by atoms with Crippen LogP contribution in [0.2, 0.25) is 0 Å². The van der Waals surface area contributed by atoms with Gasteiger partial charge in [0.05, 0.1) is 7.11 Å². The zero-order chi connectivity index (χ0) is 13.0. The highest BCUT2D eigenvalue weighted by Gasteiger charge is 2.23. The minimum Gasteiger partial charge on any atom is -0.497 e. The summed E-state index contributed by atoms with van der Waals surface area (Å²) in [6, 6.07) is 8.83. The molecule has 1 aromatic carbocycles. The van der Waals surface area contributed by atoms with Gasteiger partial charge in [0.1, 0.15) is 5.75 Å². The second kappa shape index (κ2) is 6.07. The van der Waals surface area contributed by atoms with E-state index in [0.29, 0.717) is 6.04 Å². The predicted octanol–water partition coefficient (Wildman–Crippen LogP) is 1.16. The van der Waals surface area contributed by atoms with E-state index in [0.717, 1.165) is 38.3 Å². The van der Waals surface area contributed by atoms with E-state index in [-0.39, 0.29) is 0 Å². The highest BCUT2D eigenvalue weighted by atomic mass is 16.5. The summed E-state index contributed by atoms with van der Waals surface area (Å²) in [5.74, 6) is 0.918. The van der Waals surface area contributed by atoms with Gasteiger partial charge in [0.15, 0.2) is 0 Å². The highest BCUT2D eigenvalue weighted by molar-refractivity contribution is 5.51. The van der Waals surface area contributed by atoms with Crippen molar-refractivity contribution >= 4 is 5.69 Å². The van der Waals surface area contributed by atoms with Crippen LogP contribution in [-0.2, 0) is 0 Å². The van der Waals surface area contributed by atoms with Gasteiger partial charge in [-0.1, -0.05) is 6.07 Å². The van der Waals surface area contributed by atoms with Crippen molar-refractivity contribution in [2.75, 3.05) is 45.2 Å². The molecular formula is C14H23N3O. The first kappa shape index (κ1) is 13.2. The first-order valence-electron chi connectivity index (χ1n) is 6.54. The van der Waals surface area contributed by atoms with E-state index in [2.05, 4.69) is 29.0 Å². The number of hydrogen-bond donors (Lipinski definition) is 1. The van der Waals surface area contributed by atoms with E-state index in [1.807, 2.05) is 12.1 Å². The topological polar surface area (TPSA) is 41.7 Å². The fourth-order valence-corrected chi connectivity index (χ4v) is 2.49. The molecular weight excluding hydrogens is 226 g/mol. The standard InChI is InChI=1S/C14H23N3O/c1-16-8-9-17(11-13(16)6-7-15)12-4-3-5-14(10-12)18-2/h3-5,10,13H,6-9,11,15H2,1-2H3. The van der Waals surface area contributed by atoms with Crippen LogP contribution in [0.5, 0.6) is 5.75 Å². The van der Waals surface area contributed by atoms with Crippen LogP contribution in [-0.4, -0.2) is 51.3 Å². The molecule has 1 unspecified atom stereocenters. The average Bonchev–Trinajstić information content (AvgIpc) is 2.41. The number of benzene rings is 1. The van der Waals surface area contributed by atoms with Crippen molar-refractivity contribution < 1.29 is 4.74 Å². The second-order valence-corrected chi connectivity index (χ2v) is 4.86. The largest absolute Gasteiger partial charge is 0.497 e. The molecule has 1 aromatic rings.